The van der Waals surface area contributed by atoms with E-state index in [2.05, 4.69) is 4.90 Å². The number of nitrogens with zero attached hydrogens (tertiary/aromatic N) is 2. The van der Waals surface area contributed by atoms with Crippen molar-refractivity contribution < 1.29 is 8.76 Å². The molecule has 0 aromatic carbocycles. The van der Waals surface area contributed by atoms with Crippen LogP contribution in [0.5, 0.6) is 0 Å². The quantitative estimate of drug-likeness (QED) is 0.658. The van der Waals surface area contributed by atoms with Crippen LogP contribution in [0.2, 0.25) is 0 Å². The van der Waals surface area contributed by atoms with Gasteiger partial charge in [0.05, 0.1) is 0 Å². The first-order valence-electron chi connectivity index (χ1n) is 5.86. The molecule has 0 aliphatic carbocycles. The summed E-state index contributed by atoms with van der Waals surface area (Å²) in [5, 5.41) is 0. The van der Waals surface area contributed by atoms with Crippen LogP contribution in [0.25, 0.3) is 0 Å². The highest BCUT2D eigenvalue weighted by atomic mass is 32.2. The lowest BCUT2D eigenvalue weighted by Crippen LogP contribution is -2.46. The van der Waals surface area contributed by atoms with Gasteiger partial charge in [0.1, 0.15) is 0 Å². The molecule has 0 bridgehead atoms. The normalized spacial score (nSPS) is 29.1. The topological polar surface area (TPSA) is 46.6 Å². The van der Waals surface area contributed by atoms with E-state index in [0.29, 0.717) is 19.1 Å². The summed E-state index contributed by atoms with van der Waals surface area (Å²) in [6.45, 7) is 3.84. The molecule has 0 amide bonds. The largest absolute Gasteiger partial charge is 0.760 e. The maximum Gasteiger partial charge on any atom is 0.0209 e. The second-order valence-electron chi connectivity index (χ2n) is 4.47. The van der Waals surface area contributed by atoms with Crippen molar-refractivity contribution in [2.24, 2.45) is 0 Å². The Morgan fingerprint density at radius 2 is 1.60 bits per heavy atom. The molecular formula is C10H19N2O2S-. The van der Waals surface area contributed by atoms with E-state index in [-0.39, 0.29) is 0 Å². The van der Waals surface area contributed by atoms with E-state index in [1.807, 2.05) is 0 Å². The van der Waals surface area contributed by atoms with Gasteiger partial charge in [0.2, 0.25) is 0 Å². The monoisotopic (exact) mass is 231 g/mol. The van der Waals surface area contributed by atoms with Gasteiger partial charge in [-0.2, -0.15) is 0 Å². The van der Waals surface area contributed by atoms with E-state index in [1.165, 1.54) is 32.4 Å². The molecular weight excluding hydrogens is 212 g/mol. The standard InChI is InChI=1S/C10H20N2O2S/c13-15(14)12-8-4-10(5-9-12)11-6-2-1-3-7-11/h10H,1-9H2,(H,13,14)/p-1. The smallest absolute Gasteiger partial charge is 0.0209 e. The molecule has 0 N–H and O–H groups in total. The van der Waals surface area contributed by atoms with E-state index in [4.69, 9.17) is 0 Å². The van der Waals surface area contributed by atoms with Crippen molar-refractivity contribution in [3.05, 3.63) is 0 Å². The SMILES string of the molecule is O=S([O-])N1CCC(N2CCCCC2)CC1. The van der Waals surface area contributed by atoms with Crippen LogP contribution in [0, 0.1) is 0 Å². The van der Waals surface area contributed by atoms with Gasteiger partial charge in [-0.1, -0.05) is 6.42 Å². The van der Waals surface area contributed by atoms with Gasteiger partial charge >= 0.3 is 0 Å². The molecule has 15 heavy (non-hydrogen) atoms. The Hall–Kier alpha value is 0.0300. The van der Waals surface area contributed by atoms with Crippen molar-refractivity contribution >= 4 is 11.3 Å². The summed E-state index contributed by atoms with van der Waals surface area (Å²) < 4.78 is 23.0. The molecule has 2 saturated heterocycles. The summed E-state index contributed by atoms with van der Waals surface area (Å²) in [4.78, 5) is 2.55. The zero-order valence-corrected chi connectivity index (χ0v) is 9.88. The van der Waals surface area contributed by atoms with Crippen LogP contribution in [-0.2, 0) is 11.3 Å². The molecule has 2 rings (SSSR count). The molecule has 0 saturated carbocycles. The van der Waals surface area contributed by atoms with E-state index in [1.54, 1.807) is 4.31 Å². The van der Waals surface area contributed by atoms with Gasteiger partial charge in [0, 0.05) is 30.4 Å². The Morgan fingerprint density at radius 3 is 2.13 bits per heavy atom. The summed E-state index contributed by atoms with van der Waals surface area (Å²) in [6.07, 6.45) is 6.00. The summed E-state index contributed by atoms with van der Waals surface area (Å²) in [5.41, 5.74) is 0. The molecule has 0 spiro atoms. The highest BCUT2D eigenvalue weighted by Gasteiger charge is 2.25. The fourth-order valence-electron chi connectivity index (χ4n) is 2.64. The fraction of sp³-hybridized carbons (Fsp3) is 1.00. The summed E-state index contributed by atoms with van der Waals surface area (Å²) in [6, 6.07) is 0.630. The van der Waals surface area contributed by atoms with Crippen molar-refractivity contribution in [3.8, 4) is 0 Å². The minimum Gasteiger partial charge on any atom is -0.760 e. The van der Waals surface area contributed by atoms with Crippen LogP contribution >= 0.6 is 0 Å². The molecule has 4 nitrogen and oxygen atoms in total. The van der Waals surface area contributed by atoms with Gasteiger partial charge in [-0.15, -0.1) is 0 Å². The third-order valence-corrected chi connectivity index (χ3v) is 4.33. The lowest BCUT2D eigenvalue weighted by Gasteiger charge is -2.40. The van der Waals surface area contributed by atoms with Gasteiger partial charge in [-0.25, -0.2) is 4.31 Å². The van der Waals surface area contributed by atoms with Crippen molar-refractivity contribution in [3.63, 3.8) is 0 Å². The Morgan fingerprint density at radius 1 is 1.00 bits per heavy atom. The van der Waals surface area contributed by atoms with Gasteiger partial charge in [0.15, 0.2) is 0 Å². The van der Waals surface area contributed by atoms with Crippen LogP contribution < -0.4 is 0 Å². The van der Waals surface area contributed by atoms with E-state index < -0.39 is 11.3 Å². The molecule has 2 aliphatic rings. The highest BCUT2D eigenvalue weighted by Crippen LogP contribution is 2.20. The Balaban J connectivity index is 1.79. The van der Waals surface area contributed by atoms with Crippen molar-refractivity contribution in [1.29, 1.82) is 0 Å². The number of hydrogen-bond donors (Lipinski definition) is 0. The lowest BCUT2D eigenvalue weighted by atomic mass is 10.0. The van der Waals surface area contributed by atoms with Crippen LogP contribution in [0.4, 0.5) is 0 Å². The van der Waals surface area contributed by atoms with Gasteiger partial charge in [0.25, 0.3) is 0 Å². The average molecular weight is 231 g/mol. The summed E-state index contributed by atoms with van der Waals surface area (Å²) in [5.74, 6) is 0. The molecule has 0 radical (unpaired) electrons. The number of hydrogen-bond acceptors (Lipinski definition) is 3. The number of piperidine rings is 2. The molecule has 0 aromatic rings. The minimum absolute atomic E-state index is 0.630. The Labute approximate surface area is 94.0 Å². The van der Waals surface area contributed by atoms with Crippen LogP contribution in [0.3, 0.4) is 0 Å². The fourth-order valence-corrected chi connectivity index (χ4v) is 3.15. The third kappa shape index (κ3) is 3.00. The predicted molar refractivity (Wildman–Crippen MR) is 58.9 cm³/mol. The Kier molecular flexibility index (Phi) is 4.13. The van der Waals surface area contributed by atoms with Crippen LogP contribution in [0.1, 0.15) is 32.1 Å². The third-order valence-electron chi connectivity index (χ3n) is 3.54. The molecule has 88 valence electrons. The molecule has 2 heterocycles. The second kappa shape index (κ2) is 5.39. The summed E-state index contributed by atoms with van der Waals surface area (Å²) in [7, 11) is 0. The van der Waals surface area contributed by atoms with Crippen LogP contribution in [0.15, 0.2) is 0 Å². The second-order valence-corrected chi connectivity index (χ2v) is 5.42. The average Bonchev–Trinajstić information content (AvgIpc) is 2.30. The van der Waals surface area contributed by atoms with Gasteiger partial charge in [-0.05, 0) is 38.8 Å². The maximum absolute atomic E-state index is 10.7. The number of rotatable bonds is 2. The van der Waals surface area contributed by atoms with Crippen molar-refractivity contribution in [2.45, 2.75) is 38.1 Å². The van der Waals surface area contributed by atoms with Gasteiger partial charge < -0.3 is 9.45 Å². The van der Waals surface area contributed by atoms with E-state index in [9.17, 15) is 8.76 Å². The zero-order valence-electron chi connectivity index (χ0n) is 9.06. The van der Waals surface area contributed by atoms with Gasteiger partial charge in [-0.3, -0.25) is 4.21 Å². The highest BCUT2D eigenvalue weighted by molar-refractivity contribution is 7.76. The minimum atomic E-state index is -2.01. The first-order chi connectivity index (χ1) is 7.27. The van der Waals surface area contributed by atoms with Crippen molar-refractivity contribution in [2.75, 3.05) is 26.2 Å². The molecule has 1 unspecified atom stereocenters. The molecule has 0 aromatic heterocycles. The molecule has 5 heteroatoms. The first kappa shape index (κ1) is 11.5. The predicted octanol–water partition coefficient (Wildman–Crippen LogP) is 0.731. The molecule has 2 fully saturated rings. The molecule has 1 atom stereocenters. The summed E-state index contributed by atoms with van der Waals surface area (Å²) >= 11 is -2.01. The van der Waals surface area contributed by atoms with E-state index in [0.717, 1.165) is 12.8 Å². The molecule has 2 aliphatic heterocycles. The van der Waals surface area contributed by atoms with Crippen molar-refractivity contribution in [1.82, 2.24) is 9.21 Å². The maximum atomic E-state index is 10.7. The van der Waals surface area contributed by atoms with E-state index >= 15 is 0 Å². The Bertz CT molecular complexity index is 223. The first-order valence-corrected chi connectivity index (χ1v) is 6.89. The number of likely N-dealkylation sites (tertiary alicyclic amines) is 1. The van der Waals surface area contributed by atoms with Crippen LogP contribution in [-0.4, -0.2) is 50.2 Å². The lowest BCUT2D eigenvalue weighted by molar-refractivity contribution is 0.117. The zero-order chi connectivity index (χ0) is 10.7.